The Balaban J connectivity index is 1.60. The number of nitrogens with one attached hydrogen (secondary N) is 3. The molecule has 31 heavy (non-hydrogen) atoms. The number of fused-ring (bicyclic) bond motifs is 2. The normalized spacial score (nSPS) is 27.1. The number of rotatable bonds is 4. The average Bonchev–Trinajstić information content (AvgIpc) is 3.46. The van der Waals surface area contributed by atoms with E-state index in [0.29, 0.717) is 11.8 Å². The molecular formula is C26H29ClN4. The van der Waals surface area contributed by atoms with E-state index in [1.165, 1.54) is 11.1 Å². The lowest BCUT2D eigenvalue weighted by atomic mass is 9.73. The Morgan fingerprint density at radius 2 is 2.10 bits per heavy atom. The van der Waals surface area contributed by atoms with E-state index in [0.717, 1.165) is 54.3 Å². The monoisotopic (exact) mass is 432 g/mol. The highest BCUT2D eigenvalue weighted by atomic mass is 35.5. The first-order chi connectivity index (χ1) is 15.0. The fourth-order valence-corrected chi connectivity index (χ4v) is 6.02. The minimum Gasteiger partial charge on any atom is -0.365 e. The first kappa shape index (κ1) is 20.3. The molecule has 3 N–H and O–H groups in total. The molecule has 2 heterocycles. The number of hydrogen-bond donors (Lipinski definition) is 3. The molecule has 1 fully saturated rings. The summed E-state index contributed by atoms with van der Waals surface area (Å²) in [6, 6.07) is 17.1. The van der Waals surface area contributed by atoms with Crippen molar-refractivity contribution in [3.63, 3.8) is 0 Å². The highest BCUT2D eigenvalue weighted by Crippen LogP contribution is 2.53. The number of allylic oxidation sites excluding steroid dienone is 1. The standard InChI is InChI=1S/C26H29ClN4/c1-3-29-21-11-9-17(2)23(21)25(28)31-16-26(20-15-19(27)10-12-22(20)31)13-14-30-24(26)18-7-5-4-6-8-18/h3-8,10,12,15,17,24,28-30H,1,9,11,13-14,16H2,2H3/t17-,24-,26-/m1/s1. The minimum atomic E-state index is -0.109. The van der Waals surface area contributed by atoms with E-state index in [4.69, 9.17) is 11.6 Å². The Labute approximate surface area is 189 Å². The van der Waals surface area contributed by atoms with Gasteiger partial charge in [0.15, 0.2) is 0 Å². The maximum Gasteiger partial charge on any atom is 0.130 e. The fourth-order valence-electron chi connectivity index (χ4n) is 5.85. The van der Waals surface area contributed by atoms with Crippen LogP contribution in [0.5, 0.6) is 0 Å². The number of anilines is 1. The van der Waals surface area contributed by atoms with Gasteiger partial charge < -0.3 is 15.5 Å². The van der Waals surface area contributed by atoms with Gasteiger partial charge in [-0.3, -0.25) is 5.41 Å². The van der Waals surface area contributed by atoms with Crippen LogP contribution in [-0.4, -0.2) is 18.9 Å². The lowest BCUT2D eigenvalue weighted by molar-refractivity contribution is 0.405. The Morgan fingerprint density at radius 3 is 2.87 bits per heavy atom. The van der Waals surface area contributed by atoms with Crippen LogP contribution >= 0.6 is 11.6 Å². The van der Waals surface area contributed by atoms with E-state index in [-0.39, 0.29) is 11.5 Å². The van der Waals surface area contributed by atoms with E-state index < -0.39 is 0 Å². The van der Waals surface area contributed by atoms with Crippen LogP contribution in [-0.2, 0) is 5.41 Å². The second-order valence-corrected chi connectivity index (χ2v) is 9.42. The molecule has 2 aromatic rings. The molecule has 160 valence electrons. The molecule has 1 aliphatic carbocycles. The van der Waals surface area contributed by atoms with Gasteiger partial charge in [0.25, 0.3) is 0 Å². The Hall–Kier alpha value is -2.56. The summed E-state index contributed by atoms with van der Waals surface area (Å²) in [4.78, 5) is 2.22. The van der Waals surface area contributed by atoms with Crippen LogP contribution < -0.4 is 15.5 Å². The van der Waals surface area contributed by atoms with Crippen molar-refractivity contribution in [2.75, 3.05) is 18.0 Å². The Kier molecular flexibility index (Phi) is 5.15. The topological polar surface area (TPSA) is 51.2 Å². The molecule has 0 unspecified atom stereocenters. The highest BCUT2D eigenvalue weighted by molar-refractivity contribution is 6.30. The number of hydrogen-bond acceptors (Lipinski definition) is 3. The summed E-state index contributed by atoms with van der Waals surface area (Å²) in [5.74, 6) is 0.961. The highest BCUT2D eigenvalue weighted by Gasteiger charge is 2.52. The maximum absolute atomic E-state index is 9.27. The van der Waals surface area contributed by atoms with Crippen LogP contribution in [0.25, 0.3) is 0 Å². The molecule has 5 rings (SSSR count). The zero-order valence-corrected chi connectivity index (χ0v) is 18.7. The van der Waals surface area contributed by atoms with Crippen molar-refractivity contribution in [1.82, 2.24) is 10.6 Å². The van der Waals surface area contributed by atoms with Crippen LogP contribution in [0.2, 0.25) is 5.02 Å². The van der Waals surface area contributed by atoms with Gasteiger partial charge in [-0.05, 0) is 67.3 Å². The first-order valence-corrected chi connectivity index (χ1v) is 11.5. The molecule has 3 atom stereocenters. The van der Waals surface area contributed by atoms with Crippen LogP contribution in [0.1, 0.15) is 43.4 Å². The third-order valence-corrected chi connectivity index (χ3v) is 7.51. The van der Waals surface area contributed by atoms with Gasteiger partial charge in [-0.1, -0.05) is 55.4 Å². The van der Waals surface area contributed by atoms with Gasteiger partial charge in [-0.25, -0.2) is 0 Å². The molecule has 3 aliphatic rings. The lowest BCUT2D eigenvalue weighted by Crippen LogP contribution is -2.41. The number of amidine groups is 1. The fraction of sp³-hybridized carbons (Fsp3) is 0.346. The quantitative estimate of drug-likeness (QED) is 0.440. The SMILES string of the molecule is C=CNC1=C(C(=N)N2C[C@]3(CCN[C@@H]3c3ccccc3)c3cc(Cl)ccc32)[C@H](C)CC1. The van der Waals surface area contributed by atoms with Crippen molar-refractivity contribution >= 4 is 23.1 Å². The molecule has 2 aromatic carbocycles. The van der Waals surface area contributed by atoms with Gasteiger partial charge in [-0.15, -0.1) is 0 Å². The third-order valence-electron chi connectivity index (χ3n) is 7.28. The maximum atomic E-state index is 9.27. The van der Waals surface area contributed by atoms with Gasteiger partial charge in [0, 0.05) is 40.0 Å². The van der Waals surface area contributed by atoms with E-state index in [1.54, 1.807) is 6.20 Å². The molecule has 0 radical (unpaired) electrons. The molecule has 1 saturated heterocycles. The summed E-state index contributed by atoms with van der Waals surface area (Å²) >= 11 is 6.50. The summed E-state index contributed by atoms with van der Waals surface area (Å²) < 4.78 is 0. The van der Waals surface area contributed by atoms with E-state index in [9.17, 15) is 5.41 Å². The van der Waals surface area contributed by atoms with Crippen molar-refractivity contribution in [1.29, 1.82) is 5.41 Å². The van der Waals surface area contributed by atoms with Gasteiger partial charge in [0.2, 0.25) is 0 Å². The summed E-state index contributed by atoms with van der Waals surface area (Å²) in [5.41, 5.74) is 5.80. The molecular weight excluding hydrogens is 404 g/mol. The molecule has 0 aromatic heterocycles. The van der Waals surface area contributed by atoms with Crippen molar-refractivity contribution in [2.45, 2.75) is 37.6 Å². The van der Waals surface area contributed by atoms with E-state index in [2.05, 4.69) is 71.5 Å². The Morgan fingerprint density at radius 1 is 1.29 bits per heavy atom. The molecule has 0 amide bonds. The van der Waals surface area contributed by atoms with Gasteiger partial charge >= 0.3 is 0 Å². The second-order valence-electron chi connectivity index (χ2n) is 8.98. The number of nitrogens with zero attached hydrogens (tertiary/aromatic N) is 1. The third kappa shape index (κ3) is 3.20. The van der Waals surface area contributed by atoms with Gasteiger partial charge in [0.05, 0.1) is 0 Å². The van der Waals surface area contributed by atoms with Crippen LogP contribution in [0.3, 0.4) is 0 Å². The summed E-state index contributed by atoms with van der Waals surface area (Å²) in [6.07, 6.45) is 4.78. The molecule has 5 heteroatoms. The molecule has 2 aliphatic heterocycles. The molecule has 0 bridgehead atoms. The Bertz CT molecular complexity index is 1060. The predicted molar refractivity (Wildman–Crippen MR) is 129 cm³/mol. The summed E-state index contributed by atoms with van der Waals surface area (Å²) in [5, 5.41) is 17.1. The zero-order valence-electron chi connectivity index (χ0n) is 17.9. The van der Waals surface area contributed by atoms with E-state index >= 15 is 0 Å². The molecule has 1 spiro atoms. The van der Waals surface area contributed by atoms with Crippen molar-refractivity contribution < 1.29 is 0 Å². The van der Waals surface area contributed by atoms with Crippen molar-refractivity contribution in [3.8, 4) is 0 Å². The largest absolute Gasteiger partial charge is 0.365 e. The van der Waals surface area contributed by atoms with Crippen LogP contribution in [0.4, 0.5) is 5.69 Å². The second kappa shape index (κ2) is 7.85. The predicted octanol–water partition coefficient (Wildman–Crippen LogP) is 5.53. The van der Waals surface area contributed by atoms with Gasteiger partial charge in [0.1, 0.15) is 5.84 Å². The smallest absolute Gasteiger partial charge is 0.130 e. The number of halogens is 1. The van der Waals surface area contributed by atoms with Gasteiger partial charge in [-0.2, -0.15) is 0 Å². The zero-order chi connectivity index (χ0) is 21.6. The average molecular weight is 433 g/mol. The summed E-state index contributed by atoms with van der Waals surface area (Å²) in [7, 11) is 0. The minimum absolute atomic E-state index is 0.109. The molecule has 0 saturated carbocycles. The van der Waals surface area contributed by atoms with E-state index in [1.807, 2.05) is 6.07 Å². The van der Waals surface area contributed by atoms with Crippen molar-refractivity contribution in [3.05, 3.63) is 88.7 Å². The lowest BCUT2D eigenvalue weighted by Gasteiger charge is -2.33. The molecule has 4 nitrogen and oxygen atoms in total. The van der Waals surface area contributed by atoms with Crippen molar-refractivity contribution in [2.24, 2.45) is 5.92 Å². The summed E-state index contributed by atoms with van der Waals surface area (Å²) in [6.45, 7) is 7.79. The first-order valence-electron chi connectivity index (χ1n) is 11.1. The van der Waals surface area contributed by atoms with Crippen LogP contribution in [0.15, 0.2) is 72.6 Å². The number of benzene rings is 2. The van der Waals surface area contributed by atoms with Crippen LogP contribution in [0, 0.1) is 11.3 Å².